The van der Waals surface area contributed by atoms with Crippen molar-refractivity contribution in [1.82, 2.24) is 0 Å². The maximum atomic E-state index is 10.4. The highest BCUT2D eigenvalue weighted by atomic mass is 16.6. The van der Waals surface area contributed by atoms with Crippen molar-refractivity contribution in [2.45, 2.75) is 45.6 Å². The quantitative estimate of drug-likeness (QED) is 0.820. The molecule has 140 valence electrons. The van der Waals surface area contributed by atoms with E-state index in [1.54, 1.807) is 0 Å². The van der Waals surface area contributed by atoms with Crippen molar-refractivity contribution in [3.63, 3.8) is 0 Å². The lowest BCUT2D eigenvalue weighted by atomic mass is 9.83. The van der Waals surface area contributed by atoms with E-state index in [2.05, 4.69) is 13.8 Å². The lowest BCUT2D eigenvalue weighted by molar-refractivity contribution is -0.272. The van der Waals surface area contributed by atoms with Crippen LogP contribution in [-0.4, -0.2) is 30.2 Å². The second-order valence-corrected chi connectivity index (χ2v) is 7.05. The minimum atomic E-state index is -0.935. The van der Waals surface area contributed by atoms with Crippen molar-refractivity contribution >= 4 is 0 Å². The Kier molecular flexibility index (Phi) is 6.80. The highest BCUT2D eigenvalue weighted by Gasteiger charge is 2.41. The average Bonchev–Trinajstić information content (AvgIpc) is 2.67. The van der Waals surface area contributed by atoms with Crippen molar-refractivity contribution in [1.29, 1.82) is 0 Å². The summed E-state index contributed by atoms with van der Waals surface area (Å²) in [5.41, 5.74) is 2.22. The third-order valence-electron chi connectivity index (χ3n) is 5.21. The van der Waals surface area contributed by atoms with Crippen molar-refractivity contribution in [2.24, 2.45) is 11.8 Å². The Hall–Kier alpha value is -1.72. The van der Waals surface area contributed by atoms with E-state index in [1.165, 1.54) is 0 Å². The van der Waals surface area contributed by atoms with Gasteiger partial charge in [0.1, 0.15) is 6.10 Å². The van der Waals surface area contributed by atoms with Gasteiger partial charge in [-0.25, -0.2) is 0 Å². The van der Waals surface area contributed by atoms with Gasteiger partial charge >= 0.3 is 0 Å². The molecule has 1 heterocycles. The maximum Gasteiger partial charge on any atom is 0.181 e. The molecule has 1 saturated heterocycles. The minimum absolute atomic E-state index is 0.139. The first-order chi connectivity index (χ1) is 12.6. The minimum Gasteiger partial charge on any atom is -0.374 e. The Bertz CT molecular complexity index is 644. The van der Waals surface area contributed by atoms with Crippen LogP contribution in [0.15, 0.2) is 60.7 Å². The molecule has 1 N–H and O–H groups in total. The summed E-state index contributed by atoms with van der Waals surface area (Å²) in [6, 6.07) is 20.0. The summed E-state index contributed by atoms with van der Waals surface area (Å²) in [6.07, 6.45) is -1.41. The molecule has 3 rings (SSSR count). The van der Waals surface area contributed by atoms with E-state index < -0.39 is 6.29 Å². The number of hydrogen-bond acceptors (Lipinski definition) is 4. The van der Waals surface area contributed by atoms with Crippen molar-refractivity contribution in [3.05, 3.63) is 71.8 Å². The largest absolute Gasteiger partial charge is 0.374 e. The summed E-state index contributed by atoms with van der Waals surface area (Å²) in [6.45, 7) is 5.72. The van der Waals surface area contributed by atoms with Gasteiger partial charge in [0.05, 0.1) is 25.9 Å². The first kappa shape index (κ1) is 19.1. The van der Waals surface area contributed by atoms with Crippen LogP contribution in [0.2, 0.25) is 0 Å². The second kappa shape index (κ2) is 9.28. The first-order valence-electron chi connectivity index (χ1n) is 9.26. The molecule has 1 fully saturated rings. The van der Waals surface area contributed by atoms with E-state index in [1.807, 2.05) is 60.7 Å². The molecule has 1 aliphatic heterocycles. The van der Waals surface area contributed by atoms with Gasteiger partial charge in [-0.15, -0.1) is 0 Å². The van der Waals surface area contributed by atoms with Crippen LogP contribution >= 0.6 is 0 Å². The molecule has 26 heavy (non-hydrogen) atoms. The fourth-order valence-corrected chi connectivity index (χ4v) is 3.34. The summed E-state index contributed by atoms with van der Waals surface area (Å²) in [5, 5.41) is 10.4. The molecule has 0 spiro atoms. The zero-order valence-corrected chi connectivity index (χ0v) is 15.5. The Morgan fingerprint density at radius 1 is 0.846 bits per heavy atom. The van der Waals surface area contributed by atoms with Crippen LogP contribution in [-0.2, 0) is 27.4 Å². The Balaban J connectivity index is 1.49. The van der Waals surface area contributed by atoms with Crippen molar-refractivity contribution in [2.75, 3.05) is 6.61 Å². The SMILES string of the molecule is C[C@H]1[C@H](C)[C@@H](OCc2ccccc2)C(O)O[C@@H]1COCc1ccccc1. The molecule has 2 aromatic rings. The Morgan fingerprint density at radius 3 is 2.04 bits per heavy atom. The predicted octanol–water partition coefficient (Wildman–Crippen LogP) is 3.78. The van der Waals surface area contributed by atoms with Crippen LogP contribution < -0.4 is 0 Å². The number of ether oxygens (including phenoxy) is 3. The van der Waals surface area contributed by atoms with Gasteiger partial charge in [0.2, 0.25) is 0 Å². The molecule has 0 saturated carbocycles. The van der Waals surface area contributed by atoms with E-state index in [-0.39, 0.29) is 24.0 Å². The Labute approximate surface area is 155 Å². The Morgan fingerprint density at radius 2 is 1.42 bits per heavy atom. The number of benzene rings is 2. The van der Waals surface area contributed by atoms with Crippen LogP contribution in [0.25, 0.3) is 0 Å². The molecular formula is C22H28O4. The molecule has 1 aliphatic rings. The van der Waals surface area contributed by atoms with Crippen LogP contribution in [0.4, 0.5) is 0 Å². The van der Waals surface area contributed by atoms with Gasteiger partial charge in [0, 0.05) is 0 Å². The average molecular weight is 356 g/mol. The first-order valence-corrected chi connectivity index (χ1v) is 9.26. The zero-order valence-electron chi connectivity index (χ0n) is 15.5. The molecule has 4 nitrogen and oxygen atoms in total. The van der Waals surface area contributed by atoms with Crippen molar-refractivity contribution < 1.29 is 19.3 Å². The topological polar surface area (TPSA) is 47.9 Å². The highest BCUT2D eigenvalue weighted by Crippen LogP contribution is 2.32. The van der Waals surface area contributed by atoms with Gasteiger partial charge in [-0.2, -0.15) is 0 Å². The van der Waals surface area contributed by atoms with Gasteiger partial charge in [-0.05, 0) is 23.0 Å². The normalized spacial score (nSPS) is 28.8. The standard InChI is InChI=1S/C22H28O4/c1-16-17(2)21(25-14-19-11-7-4-8-12-19)22(23)26-20(16)15-24-13-18-9-5-3-6-10-18/h3-12,16-17,20-23H,13-15H2,1-2H3/t16-,17-,20+,21+,22?/m0/s1. The summed E-state index contributed by atoms with van der Waals surface area (Å²) < 4.78 is 17.6. The molecule has 4 heteroatoms. The molecule has 0 radical (unpaired) electrons. The van der Waals surface area contributed by atoms with Gasteiger partial charge in [0.25, 0.3) is 0 Å². The third kappa shape index (κ3) is 4.92. The second-order valence-electron chi connectivity index (χ2n) is 7.05. The third-order valence-corrected chi connectivity index (χ3v) is 5.21. The predicted molar refractivity (Wildman–Crippen MR) is 100 cm³/mol. The lowest BCUT2D eigenvalue weighted by Gasteiger charge is -2.42. The number of aliphatic hydroxyl groups is 1. The summed E-state index contributed by atoms with van der Waals surface area (Å²) in [4.78, 5) is 0. The van der Waals surface area contributed by atoms with E-state index in [0.717, 1.165) is 11.1 Å². The van der Waals surface area contributed by atoms with Gasteiger partial charge in [0.15, 0.2) is 6.29 Å². The number of hydrogen-bond donors (Lipinski definition) is 1. The van der Waals surface area contributed by atoms with Crippen LogP contribution in [0.1, 0.15) is 25.0 Å². The smallest absolute Gasteiger partial charge is 0.181 e. The molecule has 5 atom stereocenters. The summed E-state index contributed by atoms with van der Waals surface area (Å²) in [7, 11) is 0. The molecule has 0 bridgehead atoms. The van der Waals surface area contributed by atoms with Crippen molar-refractivity contribution in [3.8, 4) is 0 Å². The molecule has 1 unspecified atom stereocenters. The molecule has 0 aromatic heterocycles. The zero-order chi connectivity index (χ0) is 18.4. The fraction of sp³-hybridized carbons (Fsp3) is 0.455. The van der Waals surface area contributed by atoms with E-state index in [9.17, 15) is 5.11 Å². The van der Waals surface area contributed by atoms with Crippen LogP contribution in [0.3, 0.4) is 0 Å². The fourth-order valence-electron chi connectivity index (χ4n) is 3.34. The van der Waals surface area contributed by atoms with E-state index in [4.69, 9.17) is 14.2 Å². The highest BCUT2D eigenvalue weighted by molar-refractivity contribution is 5.14. The van der Waals surface area contributed by atoms with E-state index >= 15 is 0 Å². The molecular weight excluding hydrogens is 328 g/mol. The van der Waals surface area contributed by atoms with Gasteiger partial charge in [-0.1, -0.05) is 74.5 Å². The molecule has 0 aliphatic carbocycles. The van der Waals surface area contributed by atoms with Crippen LogP contribution in [0.5, 0.6) is 0 Å². The van der Waals surface area contributed by atoms with Gasteiger partial charge in [-0.3, -0.25) is 0 Å². The maximum absolute atomic E-state index is 10.4. The number of rotatable bonds is 7. The van der Waals surface area contributed by atoms with Gasteiger partial charge < -0.3 is 19.3 Å². The summed E-state index contributed by atoms with van der Waals surface area (Å²) in [5.74, 6) is 0.405. The monoisotopic (exact) mass is 356 g/mol. The molecule has 2 aromatic carbocycles. The molecule has 0 amide bonds. The lowest BCUT2D eigenvalue weighted by Crippen LogP contribution is -2.51. The number of aliphatic hydroxyl groups excluding tert-OH is 1. The summed E-state index contributed by atoms with van der Waals surface area (Å²) >= 11 is 0. The van der Waals surface area contributed by atoms with Crippen LogP contribution in [0, 0.1) is 11.8 Å². The van der Waals surface area contributed by atoms with E-state index in [0.29, 0.717) is 19.8 Å².